The van der Waals surface area contributed by atoms with Crippen molar-refractivity contribution in [1.82, 2.24) is 9.97 Å². The Hall–Kier alpha value is -8.54. The zero-order valence-corrected chi connectivity index (χ0v) is 76.4. The average Bonchev–Trinajstić information content (AvgIpc) is 1.21. The van der Waals surface area contributed by atoms with Crippen LogP contribution in [0.15, 0.2) is 182 Å². The molecule has 2 aliphatic rings. The second-order valence-electron chi connectivity index (χ2n) is 34.0. The van der Waals surface area contributed by atoms with E-state index in [2.05, 4.69) is 400 Å². The Morgan fingerprint density at radius 1 is 0.232 bits per heavy atom. The Morgan fingerprint density at radius 3 is 0.839 bits per heavy atom. The SMILES string of the molecule is CC1CCC(C)C(C)C1.CC1CCC(C)C(C)C1.Cc1cc(C)c2ccccc2c1C.Cc1cc(C)c2ccccc2c1C.Cc1ccc(C)c(C)c1.Cc1ccc(C)c(C)c1.Cc1ccc2c(C)c(C)ccc2c1.Cc1ccc2c(C)c(C)ccc2c1.Cc1nc2c(C)ccc(C)c2s1.Cc1nc2c(C)ccc(C)c2s1. The third-order valence-electron chi connectivity index (χ3n) is 24.1. The summed E-state index contributed by atoms with van der Waals surface area (Å²) in [5.41, 5.74) is 32.3. The maximum atomic E-state index is 4.49. The van der Waals surface area contributed by atoms with Crippen LogP contribution in [0.25, 0.3) is 63.5 Å². The van der Waals surface area contributed by atoms with Gasteiger partial charge in [-0.3, -0.25) is 0 Å². The molecular formula is C108H138N2S2. The van der Waals surface area contributed by atoms with Gasteiger partial charge in [0.1, 0.15) is 0 Å². The van der Waals surface area contributed by atoms with Crippen LogP contribution in [0.2, 0.25) is 0 Å². The summed E-state index contributed by atoms with van der Waals surface area (Å²) in [5.74, 6) is 5.93. The van der Waals surface area contributed by atoms with Crippen LogP contribution in [0.5, 0.6) is 0 Å². The first-order valence-electron chi connectivity index (χ1n) is 41.5. The number of nitrogens with zero attached hydrogens (tertiary/aromatic N) is 2. The molecule has 0 amide bonds. The van der Waals surface area contributed by atoms with Gasteiger partial charge in [-0.2, -0.15) is 0 Å². The molecule has 0 saturated heterocycles. The number of rotatable bonds is 0. The molecule has 0 spiro atoms. The summed E-state index contributed by atoms with van der Waals surface area (Å²) in [4.78, 5) is 8.98. The first-order valence-corrected chi connectivity index (χ1v) is 43.1. The standard InChI is InChI=1S/4C13H14.2C10H11NS.2C9H18.2C9H12/c2*1-9-4-7-13-11(3)10(2)5-6-12(13)8-9;2*1-9-8-10(2)12-6-4-5-7-13(12)11(9)3;2*1-6-4-5-7(2)10-9(6)11-8(3)12-10;4*1-7-4-5-8(2)9(3)6-7/h4*4-8H,1-3H3;2*4-5H,1-3H3;2*7-9H,4-6H2,1-3H3;2*4-6H,1-3H3. The molecular weight excluding hydrogens is 1390 g/mol. The topological polar surface area (TPSA) is 25.8 Å². The van der Waals surface area contributed by atoms with Gasteiger partial charge >= 0.3 is 0 Å². The number of hydrogen-bond acceptors (Lipinski definition) is 4. The number of thiazole rings is 2. The van der Waals surface area contributed by atoms with Crippen molar-refractivity contribution >= 4 is 86.2 Å². The summed E-state index contributed by atoms with van der Waals surface area (Å²) >= 11 is 3.56. The van der Waals surface area contributed by atoms with Crippen molar-refractivity contribution in [2.45, 2.75) is 246 Å². The summed E-state index contributed by atoms with van der Waals surface area (Å²) in [5, 5.41) is 13.3. The highest BCUT2D eigenvalue weighted by Crippen LogP contribution is 2.35. The molecule has 14 aromatic rings. The molecule has 112 heavy (non-hydrogen) atoms. The predicted octanol–water partition coefficient (Wildman–Crippen LogP) is 32.9. The fraction of sp³-hybridized carbons (Fsp3) is 0.389. The minimum atomic E-state index is 0.980. The van der Waals surface area contributed by atoms with E-state index in [0.29, 0.717) is 0 Å². The highest BCUT2D eigenvalue weighted by molar-refractivity contribution is 7.19. The van der Waals surface area contributed by atoms with Crippen molar-refractivity contribution in [2.24, 2.45) is 35.5 Å². The van der Waals surface area contributed by atoms with Crippen LogP contribution in [0.4, 0.5) is 0 Å². The third-order valence-corrected chi connectivity index (χ3v) is 26.3. The Labute approximate surface area is 687 Å². The van der Waals surface area contributed by atoms with E-state index >= 15 is 0 Å². The van der Waals surface area contributed by atoms with Gasteiger partial charge in [-0.1, -0.05) is 271 Å². The monoisotopic (exact) mass is 1530 g/mol. The van der Waals surface area contributed by atoms with Crippen molar-refractivity contribution in [1.29, 1.82) is 0 Å². The van der Waals surface area contributed by atoms with Crippen molar-refractivity contribution < 1.29 is 0 Å². The molecule has 12 aromatic carbocycles. The van der Waals surface area contributed by atoms with Gasteiger partial charge in [-0.15, -0.1) is 22.7 Å². The fourth-order valence-electron chi connectivity index (χ4n) is 15.3. The Bertz CT molecular complexity index is 5010. The van der Waals surface area contributed by atoms with Crippen LogP contribution in [0.1, 0.15) is 212 Å². The molecule has 2 saturated carbocycles. The quantitative estimate of drug-likeness (QED) is 0.151. The van der Waals surface area contributed by atoms with E-state index < -0.39 is 0 Å². The van der Waals surface area contributed by atoms with Gasteiger partial charge in [0.25, 0.3) is 0 Å². The first-order chi connectivity index (χ1) is 52.9. The fourth-order valence-corrected chi connectivity index (χ4v) is 17.3. The lowest BCUT2D eigenvalue weighted by Crippen LogP contribution is -2.18. The van der Waals surface area contributed by atoms with Crippen LogP contribution in [-0.2, 0) is 0 Å². The van der Waals surface area contributed by atoms with Gasteiger partial charge in [0.2, 0.25) is 0 Å². The minimum Gasteiger partial charge on any atom is -0.241 e. The van der Waals surface area contributed by atoms with Gasteiger partial charge in [0.05, 0.1) is 30.4 Å². The summed E-state index contributed by atoms with van der Waals surface area (Å²) in [6, 6.07) is 65.4. The molecule has 16 rings (SSSR count). The van der Waals surface area contributed by atoms with Crippen molar-refractivity contribution in [2.75, 3.05) is 0 Å². The molecule has 6 atom stereocenters. The summed E-state index contributed by atoms with van der Waals surface area (Å²) in [6.07, 6.45) is 8.77. The molecule has 0 N–H and O–H groups in total. The smallest absolute Gasteiger partial charge is 0.0907 e. The zero-order chi connectivity index (χ0) is 82.5. The van der Waals surface area contributed by atoms with Gasteiger partial charge in [0, 0.05) is 0 Å². The molecule has 2 nitrogen and oxygen atoms in total. The molecule has 0 aliphatic heterocycles. The van der Waals surface area contributed by atoms with Crippen LogP contribution in [0, 0.1) is 202 Å². The number of aromatic nitrogens is 2. The molecule has 2 aliphatic carbocycles. The summed E-state index contributed by atoms with van der Waals surface area (Å²) < 4.78 is 2.68. The van der Waals surface area contributed by atoms with Crippen molar-refractivity contribution in [3.8, 4) is 0 Å². The van der Waals surface area contributed by atoms with Crippen LogP contribution < -0.4 is 0 Å². The Morgan fingerprint density at radius 2 is 0.527 bits per heavy atom. The molecule has 592 valence electrons. The second kappa shape index (κ2) is 42.5. The highest BCUT2D eigenvalue weighted by atomic mass is 32.1. The predicted molar refractivity (Wildman–Crippen MR) is 504 cm³/mol. The molecule has 4 heteroatoms. The van der Waals surface area contributed by atoms with Crippen molar-refractivity contribution in [3.63, 3.8) is 0 Å². The minimum absolute atomic E-state index is 0.980. The lowest BCUT2D eigenvalue weighted by molar-refractivity contribution is 0.220. The molecule has 6 unspecified atom stereocenters. The number of aryl methyl sites for hydroxylation is 24. The number of fused-ring (bicyclic) bond motifs is 6. The summed E-state index contributed by atoms with van der Waals surface area (Å²) in [7, 11) is 0. The molecule has 0 radical (unpaired) electrons. The van der Waals surface area contributed by atoms with E-state index in [0.717, 1.165) is 45.5 Å². The molecule has 0 bridgehead atoms. The first kappa shape index (κ1) is 90.7. The maximum absolute atomic E-state index is 4.49. The van der Waals surface area contributed by atoms with E-state index in [1.807, 2.05) is 0 Å². The van der Waals surface area contributed by atoms with Gasteiger partial charge in [-0.05, 0) is 358 Å². The second-order valence-corrected chi connectivity index (χ2v) is 36.4. The zero-order valence-electron chi connectivity index (χ0n) is 74.7. The van der Waals surface area contributed by atoms with E-state index in [-0.39, 0.29) is 0 Å². The normalized spacial score (nSPS) is 16.1. The van der Waals surface area contributed by atoms with Gasteiger partial charge in [0.15, 0.2) is 0 Å². The van der Waals surface area contributed by atoms with Gasteiger partial charge < -0.3 is 0 Å². The largest absolute Gasteiger partial charge is 0.241 e. The summed E-state index contributed by atoms with van der Waals surface area (Å²) in [6.45, 7) is 65.8. The lowest BCUT2D eigenvalue weighted by Gasteiger charge is -2.29. The van der Waals surface area contributed by atoms with Crippen LogP contribution in [0.3, 0.4) is 0 Å². The molecule has 2 fully saturated rings. The maximum Gasteiger partial charge on any atom is 0.0907 e. The van der Waals surface area contributed by atoms with E-state index in [4.69, 9.17) is 0 Å². The Balaban J connectivity index is 0.000000173. The van der Waals surface area contributed by atoms with Crippen LogP contribution >= 0.6 is 22.7 Å². The van der Waals surface area contributed by atoms with E-state index in [1.165, 1.54) is 224 Å². The number of hydrogen-bond donors (Lipinski definition) is 0. The highest BCUT2D eigenvalue weighted by Gasteiger charge is 2.22. The van der Waals surface area contributed by atoms with E-state index in [9.17, 15) is 0 Å². The van der Waals surface area contributed by atoms with Crippen LogP contribution in [-0.4, -0.2) is 9.97 Å². The lowest BCUT2D eigenvalue weighted by atomic mass is 9.77. The molecule has 2 heterocycles. The van der Waals surface area contributed by atoms with Gasteiger partial charge in [-0.25, -0.2) is 9.97 Å². The third kappa shape index (κ3) is 25.7. The van der Waals surface area contributed by atoms with Crippen molar-refractivity contribution in [3.05, 3.63) is 314 Å². The van der Waals surface area contributed by atoms with E-state index in [1.54, 1.807) is 22.7 Å². The number of benzene rings is 12. The molecule has 2 aromatic heterocycles. The average molecular weight is 1530 g/mol. The Kier molecular flexibility index (Phi) is 34.4.